The number of halogens is 2. The minimum atomic E-state index is -0.885. The highest BCUT2D eigenvalue weighted by Gasteiger charge is 2.32. The lowest BCUT2D eigenvalue weighted by atomic mass is 9.85. The first-order valence-electron chi connectivity index (χ1n) is 6.45. The maximum Gasteiger partial charge on any atom is 0.184 e. The molecular weight excluding hydrogens is 285 g/mol. The van der Waals surface area contributed by atoms with Gasteiger partial charge in [0.1, 0.15) is 5.60 Å². The van der Waals surface area contributed by atoms with Gasteiger partial charge in [0.15, 0.2) is 12.8 Å². The van der Waals surface area contributed by atoms with Crippen LogP contribution in [0.5, 0.6) is 0 Å². The van der Waals surface area contributed by atoms with Gasteiger partial charge in [0.2, 0.25) is 0 Å². The molecule has 3 nitrogen and oxygen atoms in total. The third kappa shape index (κ3) is 3.85. The van der Waals surface area contributed by atoms with Crippen molar-refractivity contribution < 1.29 is 9.85 Å². The largest absolute Gasteiger partial charge is 0.624 e. The fourth-order valence-corrected chi connectivity index (χ4v) is 2.98. The van der Waals surface area contributed by atoms with Gasteiger partial charge in [0.25, 0.3) is 0 Å². The number of hydrogen-bond donors (Lipinski definition) is 1. The van der Waals surface area contributed by atoms with Crippen LogP contribution in [0.4, 0.5) is 0 Å². The first kappa shape index (κ1) is 14.6. The van der Waals surface area contributed by atoms with Gasteiger partial charge in [-0.1, -0.05) is 48.5 Å². The highest BCUT2D eigenvalue weighted by atomic mass is 35.5. The van der Waals surface area contributed by atoms with Gasteiger partial charge in [0, 0.05) is 0 Å². The number of nitrogens with zero attached hydrogens (tertiary/aromatic N) is 1. The number of aliphatic hydroxyl groups is 1. The van der Waals surface area contributed by atoms with Crippen LogP contribution >= 0.6 is 23.2 Å². The van der Waals surface area contributed by atoms with E-state index in [9.17, 15) is 10.3 Å². The summed E-state index contributed by atoms with van der Waals surface area (Å²) >= 11 is 12.0. The van der Waals surface area contributed by atoms with E-state index in [1.54, 1.807) is 18.2 Å². The second kappa shape index (κ2) is 6.12. The Labute approximate surface area is 123 Å². The molecule has 1 aromatic carbocycles. The van der Waals surface area contributed by atoms with Crippen LogP contribution in [-0.2, 0) is 0 Å². The van der Waals surface area contributed by atoms with Crippen molar-refractivity contribution in [3.63, 3.8) is 0 Å². The molecule has 2 rings (SSSR count). The predicted octanol–water partition coefficient (Wildman–Crippen LogP) is 3.62. The topological polar surface area (TPSA) is 46.3 Å². The van der Waals surface area contributed by atoms with E-state index in [-0.39, 0.29) is 6.54 Å². The number of hydroxylamine groups is 1. The zero-order valence-corrected chi connectivity index (χ0v) is 12.1. The molecule has 1 aliphatic carbocycles. The molecule has 19 heavy (non-hydrogen) atoms. The smallest absolute Gasteiger partial charge is 0.184 e. The fourth-order valence-electron chi connectivity index (χ4n) is 2.48. The van der Waals surface area contributed by atoms with Crippen molar-refractivity contribution in [1.29, 1.82) is 0 Å². The van der Waals surface area contributed by atoms with Gasteiger partial charge in [-0.2, -0.15) is 0 Å². The maximum absolute atomic E-state index is 12.0. The Hall–Kier alpha value is -0.770. The monoisotopic (exact) mass is 301 g/mol. The fraction of sp³-hybridized carbons (Fsp3) is 0.500. The molecule has 0 aliphatic heterocycles. The Morgan fingerprint density at radius 1 is 1.21 bits per heavy atom. The third-order valence-corrected chi connectivity index (χ3v) is 4.17. The summed E-state index contributed by atoms with van der Waals surface area (Å²) in [5.41, 5.74) is -0.384. The molecule has 0 aromatic heterocycles. The maximum atomic E-state index is 12.0. The van der Waals surface area contributed by atoms with Crippen molar-refractivity contribution in [3.05, 3.63) is 39.0 Å². The second-order valence-electron chi connectivity index (χ2n) is 5.12. The van der Waals surface area contributed by atoms with Crippen LogP contribution in [0.3, 0.4) is 0 Å². The SMILES string of the molecule is [O-]/[N+](=C\c1c(Cl)cccc1Cl)CC1(O)CCCCC1. The zero-order valence-electron chi connectivity index (χ0n) is 10.6. The van der Waals surface area contributed by atoms with E-state index >= 15 is 0 Å². The predicted molar refractivity (Wildman–Crippen MR) is 78.2 cm³/mol. The van der Waals surface area contributed by atoms with Crippen LogP contribution in [0, 0.1) is 5.21 Å². The van der Waals surface area contributed by atoms with Crippen LogP contribution in [0.2, 0.25) is 10.0 Å². The molecule has 5 heteroatoms. The molecule has 1 saturated carbocycles. The van der Waals surface area contributed by atoms with E-state index in [4.69, 9.17) is 23.2 Å². The summed E-state index contributed by atoms with van der Waals surface area (Å²) < 4.78 is 0.735. The van der Waals surface area contributed by atoms with Crippen LogP contribution in [0.15, 0.2) is 18.2 Å². The van der Waals surface area contributed by atoms with E-state index < -0.39 is 5.60 Å². The molecule has 0 spiro atoms. The number of rotatable bonds is 3. The Morgan fingerprint density at radius 2 is 1.79 bits per heavy atom. The molecule has 0 radical (unpaired) electrons. The lowest BCUT2D eigenvalue weighted by Crippen LogP contribution is -2.39. The van der Waals surface area contributed by atoms with E-state index in [1.165, 1.54) is 6.21 Å². The highest BCUT2D eigenvalue weighted by Crippen LogP contribution is 2.28. The summed E-state index contributed by atoms with van der Waals surface area (Å²) in [6, 6.07) is 5.09. The van der Waals surface area contributed by atoms with Gasteiger partial charge in [0.05, 0.1) is 15.6 Å². The lowest BCUT2D eigenvalue weighted by Gasteiger charge is -2.30. The zero-order chi connectivity index (χ0) is 13.9. The van der Waals surface area contributed by atoms with Gasteiger partial charge >= 0.3 is 0 Å². The van der Waals surface area contributed by atoms with Crippen molar-refractivity contribution >= 4 is 29.4 Å². The van der Waals surface area contributed by atoms with Crippen LogP contribution < -0.4 is 0 Å². The van der Waals surface area contributed by atoms with Gasteiger partial charge in [-0.3, -0.25) is 0 Å². The molecule has 0 amide bonds. The van der Waals surface area contributed by atoms with Crippen molar-refractivity contribution in [2.24, 2.45) is 0 Å². The molecule has 0 atom stereocenters. The molecule has 1 aliphatic rings. The summed E-state index contributed by atoms with van der Waals surface area (Å²) in [6.45, 7) is 0.0640. The van der Waals surface area contributed by atoms with Gasteiger partial charge in [-0.15, -0.1) is 0 Å². The van der Waals surface area contributed by atoms with E-state index in [2.05, 4.69) is 0 Å². The molecule has 1 N–H and O–H groups in total. The van der Waals surface area contributed by atoms with E-state index in [0.29, 0.717) is 28.5 Å². The third-order valence-electron chi connectivity index (χ3n) is 3.51. The second-order valence-corrected chi connectivity index (χ2v) is 5.94. The molecule has 1 aromatic rings. The quantitative estimate of drug-likeness (QED) is 0.401. The Kier molecular flexibility index (Phi) is 4.71. The summed E-state index contributed by atoms with van der Waals surface area (Å²) in [6.07, 6.45) is 5.78. The first-order valence-corrected chi connectivity index (χ1v) is 7.21. The first-order chi connectivity index (χ1) is 9.00. The van der Waals surface area contributed by atoms with Crippen LogP contribution in [-0.4, -0.2) is 28.2 Å². The molecule has 0 heterocycles. The summed E-state index contributed by atoms with van der Waals surface area (Å²) in [5, 5.41) is 23.2. The summed E-state index contributed by atoms with van der Waals surface area (Å²) in [4.78, 5) is 0. The highest BCUT2D eigenvalue weighted by molar-refractivity contribution is 6.38. The molecular formula is C14H17Cl2NO2. The Bertz CT molecular complexity index is 462. The van der Waals surface area contributed by atoms with Gasteiger partial charge in [-0.05, 0) is 25.0 Å². The minimum Gasteiger partial charge on any atom is -0.624 e. The summed E-state index contributed by atoms with van der Waals surface area (Å²) in [7, 11) is 0. The molecule has 0 unspecified atom stereocenters. The van der Waals surface area contributed by atoms with Crippen molar-refractivity contribution in [3.8, 4) is 0 Å². The molecule has 0 bridgehead atoms. The molecule has 104 valence electrons. The van der Waals surface area contributed by atoms with Crippen LogP contribution in [0.25, 0.3) is 0 Å². The minimum absolute atomic E-state index is 0.0640. The van der Waals surface area contributed by atoms with Crippen molar-refractivity contribution in [2.75, 3.05) is 6.54 Å². The molecule has 0 saturated heterocycles. The van der Waals surface area contributed by atoms with Crippen molar-refractivity contribution in [1.82, 2.24) is 0 Å². The van der Waals surface area contributed by atoms with Gasteiger partial charge in [-0.25, -0.2) is 4.74 Å². The van der Waals surface area contributed by atoms with E-state index in [0.717, 1.165) is 24.0 Å². The Balaban J connectivity index is 2.14. The normalized spacial score (nSPS) is 19.4. The summed E-state index contributed by atoms with van der Waals surface area (Å²) in [5.74, 6) is 0. The average Bonchev–Trinajstić information content (AvgIpc) is 2.34. The number of benzene rings is 1. The average molecular weight is 302 g/mol. The lowest BCUT2D eigenvalue weighted by molar-refractivity contribution is -0.476. The molecule has 1 fully saturated rings. The van der Waals surface area contributed by atoms with Gasteiger partial charge < -0.3 is 10.3 Å². The standard InChI is InChI=1S/C14H17Cl2NO2/c15-12-5-4-6-13(16)11(12)9-17(19)10-14(18)7-2-1-3-8-14/h4-6,9,18H,1-3,7-8,10H2/b17-9-. The van der Waals surface area contributed by atoms with Crippen molar-refractivity contribution in [2.45, 2.75) is 37.7 Å². The van der Waals surface area contributed by atoms with Crippen LogP contribution in [0.1, 0.15) is 37.7 Å². The number of hydrogen-bond acceptors (Lipinski definition) is 2. The Morgan fingerprint density at radius 3 is 2.37 bits per heavy atom. The van der Waals surface area contributed by atoms with E-state index in [1.807, 2.05) is 0 Å².